The van der Waals surface area contributed by atoms with Gasteiger partial charge in [0.25, 0.3) is 0 Å². The maximum absolute atomic E-state index is 12.3. The molecule has 0 aromatic heterocycles. The van der Waals surface area contributed by atoms with Crippen molar-refractivity contribution in [3.8, 4) is 0 Å². The van der Waals surface area contributed by atoms with Crippen LogP contribution in [0.4, 0.5) is 0 Å². The molecule has 2 aliphatic heterocycles. The summed E-state index contributed by atoms with van der Waals surface area (Å²) >= 11 is 1.74. The summed E-state index contributed by atoms with van der Waals surface area (Å²) < 4.78 is 30.0. The molecule has 2 fully saturated rings. The molecule has 0 aliphatic carbocycles. The smallest absolute Gasteiger partial charge is 0.166 e. The number of sulfone groups is 1. The van der Waals surface area contributed by atoms with Crippen molar-refractivity contribution in [3.63, 3.8) is 0 Å². The molecule has 0 amide bonds. The fourth-order valence-electron chi connectivity index (χ4n) is 2.98. The van der Waals surface area contributed by atoms with E-state index in [4.69, 9.17) is 10.5 Å². The second-order valence-corrected chi connectivity index (χ2v) is 9.37. The standard InChI is InChI=1S/C13H26N2O3S2/c1-2-20(16,17)12-9-19-8-5-15(12)11-13(10-14)3-6-18-7-4-13/h12H,2-11,14H2,1H3. The molecule has 0 bridgehead atoms. The average Bonchev–Trinajstić information content (AvgIpc) is 2.48. The zero-order valence-corrected chi connectivity index (χ0v) is 13.8. The van der Waals surface area contributed by atoms with Gasteiger partial charge in [-0.3, -0.25) is 4.90 Å². The van der Waals surface area contributed by atoms with Gasteiger partial charge in [-0.1, -0.05) is 6.92 Å². The van der Waals surface area contributed by atoms with Crippen LogP contribution in [-0.2, 0) is 14.6 Å². The van der Waals surface area contributed by atoms with Crippen molar-refractivity contribution in [1.82, 2.24) is 4.90 Å². The number of rotatable bonds is 5. The second kappa shape index (κ2) is 6.96. The van der Waals surface area contributed by atoms with E-state index in [2.05, 4.69) is 4.90 Å². The van der Waals surface area contributed by atoms with E-state index in [0.29, 0.717) is 12.3 Å². The quantitative estimate of drug-likeness (QED) is 0.797. The Morgan fingerprint density at radius 1 is 1.40 bits per heavy atom. The third-order valence-electron chi connectivity index (χ3n) is 4.53. The highest BCUT2D eigenvalue weighted by Gasteiger charge is 2.39. The van der Waals surface area contributed by atoms with E-state index in [1.807, 2.05) is 0 Å². The topological polar surface area (TPSA) is 72.6 Å². The molecule has 2 N–H and O–H groups in total. The minimum Gasteiger partial charge on any atom is -0.381 e. The lowest BCUT2D eigenvalue weighted by Crippen LogP contribution is -2.54. The molecule has 5 nitrogen and oxygen atoms in total. The molecule has 0 radical (unpaired) electrons. The Morgan fingerprint density at radius 3 is 2.70 bits per heavy atom. The third kappa shape index (κ3) is 3.68. The van der Waals surface area contributed by atoms with Crippen molar-refractivity contribution >= 4 is 21.6 Å². The molecular weight excluding hydrogens is 296 g/mol. The van der Waals surface area contributed by atoms with Gasteiger partial charge in [0.1, 0.15) is 5.37 Å². The molecule has 0 spiro atoms. The summed E-state index contributed by atoms with van der Waals surface area (Å²) in [4.78, 5) is 2.16. The summed E-state index contributed by atoms with van der Waals surface area (Å²) in [7, 11) is -3.02. The highest BCUT2D eigenvalue weighted by Crippen LogP contribution is 2.33. The number of nitrogens with two attached hydrogens (primary N) is 1. The maximum atomic E-state index is 12.3. The summed E-state index contributed by atoms with van der Waals surface area (Å²) in [5, 5.41) is -0.336. The highest BCUT2D eigenvalue weighted by atomic mass is 32.2. The van der Waals surface area contributed by atoms with Crippen LogP contribution in [-0.4, -0.2) is 68.8 Å². The van der Waals surface area contributed by atoms with Crippen LogP contribution < -0.4 is 5.73 Å². The fraction of sp³-hybridized carbons (Fsp3) is 1.00. The van der Waals surface area contributed by atoms with Crippen molar-refractivity contribution in [2.75, 3.05) is 50.1 Å². The first kappa shape index (κ1) is 16.5. The van der Waals surface area contributed by atoms with Gasteiger partial charge in [0.2, 0.25) is 0 Å². The first-order valence-corrected chi connectivity index (χ1v) is 10.2. The van der Waals surface area contributed by atoms with E-state index >= 15 is 0 Å². The van der Waals surface area contributed by atoms with Crippen LogP contribution in [0.1, 0.15) is 19.8 Å². The lowest BCUT2D eigenvalue weighted by atomic mass is 9.79. The number of hydrogen-bond donors (Lipinski definition) is 1. The number of hydrogen-bond acceptors (Lipinski definition) is 6. The Balaban J connectivity index is 2.11. The molecule has 20 heavy (non-hydrogen) atoms. The van der Waals surface area contributed by atoms with Crippen molar-refractivity contribution in [2.24, 2.45) is 11.1 Å². The van der Waals surface area contributed by atoms with Gasteiger partial charge in [-0.05, 0) is 24.8 Å². The van der Waals surface area contributed by atoms with Crippen LogP contribution in [0.25, 0.3) is 0 Å². The van der Waals surface area contributed by atoms with Crippen LogP contribution in [0, 0.1) is 5.41 Å². The van der Waals surface area contributed by atoms with E-state index in [1.165, 1.54) is 0 Å². The van der Waals surface area contributed by atoms with Crippen molar-refractivity contribution < 1.29 is 13.2 Å². The first-order valence-electron chi connectivity index (χ1n) is 7.34. The maximum Gasteiger partial charge on any atom is 0.166 e. The van der Waals surface area contributed by atoms with Crippen LogP contribution in [0.3, 0.4) is 0 Å². The summed E-state index contributed by atoms with van der Waals surface area (Å²) in [6.07, 6.45) is 1.87. The van der Waals surface area contributed by atoms with Gasteiger partial charge in [0, 0.05) is 43.6 Å². The van der Waals surface area contributed by atoms with E-state index < -0.39 is 9.84 Å². The fourth-order valence-corrected chi connectivity index (χ4v) is 6.06. The molecular formula is C13H26N2O3S2. The zero-order chi connectivity index (χ0) is 14.6. The Kier molecular flexibility index (Phi) is 5.76. The number of nitrogens with zero attached hydrogens (tertiary/aromatic N) is 1. The van der Waals surface area contributed by atoms with Crippen LogP contribution in [0.15, 0.2) is 0 Å². The lowest BCUT2D eigenvalue weighted by molar-refractivity contribution is -0.000813. The van der Waals surface area contributed by atoms with Gasteiger partial charge in [0.15, 0.2) is 9.84 Å². The predicted molar refractivity (Wildman–Crippen MR) is 83.7 cm³/mol. The molecule has 2 rings (SSSR count). The van der Waals surface area contributed by atoms with E-state index in [0.717, 1.165) is 44.9 Å². The normalized spacial score (nSPS) is 28.4. The zero-order valence-electron chi connectivity index (χ0n) is 12.2. The summed E-state index contributed by atoms with van der Waals surface area (Å²) in [6.45, 7) is 5.46. The monoisotopic (exact) mass is 322 g/mol. The Bertz CT molecular complexity index is 408. The van der Waals surface area contributed by atoms with Crippen molar-refractivity contribution in [1.29, 1.82) is 0 Å². The molecule has 1 unspecified atom stereocenters. The molecule has 0 saturated carbocycles. The van der Waals surface area contributed by atoms with Crippen molar-refractivity contribution in [3.05, 3.63) is 0 Å². The average molecular weight is 322 g/mol. The second-order valence-electron chi connectivity index (χ2n) is 5.77. The molecule has 1 atom stereocenters. The van der Waals surface area contributed by atoms with Crippen LogP contribution in [0.5, 0.6) is 0 Å². The van der Waals surface area contributed by atoms with Gasteiger partial charge >= 0.3 is 0 Å². The van der Waals surface area contributed by atoms with Gasteiger partial charge in [-0.15, -0.1) is 0 Å². The van der Waals surface area contributed by atoms with Gasteiger partial charge < -0.3 is 10.5 Å². The molecule has 7 heteroatoms. The van der Waals surface area contributed by atoms with E-state index in [9.17, 15) is 8.42 Å². The summed E-state index contributed by atoms with van der Waals surface area (Å²) in [5.74, 6) is 1.91. The van der Waals surface area contributed by atoms with Gasteiger partial charge in [-0.25, -0.2) is 8.42 Å². The SMILES string of the molecule is CCS(=O)(=O)C1CSCCN1CC1(CN)CCOCC1. The Morgan fingerprint density at radius 2 is 2.10 bits per heavy atom. The first-order chi connectivity index (χ1) is 9.53. The molecule has 118 valence electrons. The number of ether oxygens (including phenoxy) is 1. The Labute approximate surface area is 126 Å². The molecule has 2 heterocycles. The number of thioether (sulfide) groups is 1. The van der Waals surface area contributed by atoms with E-state index in [1.54, 1.807) is 18.7 Å². The summed E-state index contributed by atoms with van der Waals surface area (Å²) in [5.41, 5.74) is 6.04. The molecule has 0 aromatic rings. The molecule has 2 saturated heterocycles. The largest absolute Gasteiger partial charge is 0.381 e. The van der Waals surface area contributed by atoms with Gasteiger partial charge in [0.05, 0.1) is 0 Å². The van der Waals surface area contributed by atoms with Crippen molar-refractivity contribution in [2.45, 2.75) is 25.1 Å². The predicted octanol–water partition coefficient (Wildman–Crippen LogP) is 0.552. The molecule has 2 aliphatic rings. The minimum atomic E-state index is -3.02. The Hall–Kier alpha value is 0.180. The molecule has 0 aromatic carbocycles. The van der Waals surface area contributed by atoms with Crippen LogP contribution in [0.2, 0.25) is 0 Å². The third-order valence-corrected chi connectivity index (χ3v) is 7.86. The lowest BCUT2D eigenvalue weighted by Gasteiger charge is -2.44. The highest BCUT2D eigenvalue weighted by molar-refractivity contribution is 8.01. The summed E-state index contributed by atoms with van der Waals surface area (Å²) in [6, 6.07) is 0. The van der Waals surface area contributed by atoms with Crippen LogP contribution >= 0.6 is 11.8 Å². The van der Waals surface area contributed by atoms with Gasteiger partial charge in [-0.2, -0.15) is 11.8 Å². The van der Waals surface area contributed by atoms with E-state index in [-0.39, 0.29) is 16.5 Å². The minimum absolute atomic E-state index is 0.0295.